The number of rotatable bonds is 13. The number of hydrogen-bond acceptors (Lipinski definition) is 2. The molecule has 0 radical (unpaired) electrons. The third-order valence-corrected chi connectivity index (χ3v) is 3.93. The van der Waals surface area contributed by atoms with Crippen LogP contribution in [-0.2, 0) is 4.79 Å². The lowest BCUT2D eigenvalue weighted by Gasteiger charge is -2.23. The van der Waals surface area contributed by atoms with Gasteiger partial charge in [-0.05, 0) is 38.1 Å². The van der Waals surface area contributed by atoms with Gasteiger partial charge in [0, 0.05) is 19.5 Å². The molecule has 0 aromatic carbocycles. The number of hydrogen-bond donors (Lipinski definition) is 1. The summed E-state index contributed by atoms with van der Waals surface area (Å²) in [5.74, 6) is 0.915. The van der Waals surface area contributed by atoms with E-state index in [4.69, 9.17) is 5.73 Å². The van der Waals surface area contributed by atoms with Gasteiger partial charge in [-0.1, -0.05) is 46.5 Å². The van der Waals surface area contributed by atoms with E-state index in [2.05, 4.69) is 25.7 Å². The minimum atomic E-state index is 0.348. The molecule has 0 aliphatic carbocycles. The van der Waals surface area contributed by atoms with Crippen LogP contribution < -0.4 is 5.73 Å². The second kappa shape index (κ2) is 13.4. The zero-order chi connectivity index (χ0) is 15.2. The summed E-state index contributed by atoms with van der Waals surface area (Å²) in [4.78, 5) is 14.4. The number of nitrogens with two attached hydrogens (primary N) is 1. The largest absolute Gasteiger partial charge is 0.343 e. The van der Waals surface area contributed by atoms with E-state index in [-0.39, 0.29) is 0 Å². The second-order valence-corrected chi connectivity index (χ2v) is 6.02. The Bertz CT molecular complexity index is 221. The van der Waals surface area contributed by atoms with Gasteiger partial charge in [0.05, 0.1) is 0 Å². The fraction of sp³-hybridized carbons (Fsp3) is 0.941. The summed E-state index contributed by atoms with van der Waals surface area (Å²) in [6.07, 6.45) is 9.86. The highest BCUT2D eigenvalue weighted by Gasteiger charge is 2.13. The molecule has 120 valence electrons. The molecule has 20 heavy (non-hydrogen) atoms. The molecular formula is C17H36N2O. The van der Waals surface area contributed by atoms with E-state index in [1.165, 1.54) is 25.7 Å². The second-order valence-electron chi connectivity index (χ2n) is 6.02. The van der Waals surface area contributed by atoms with Gasteiger partial charge in [-0.15, -0.1) is 0 Å². The van der Waals surface area contributed by atoms with E-state index in [9.17, 15) is 4.79 Å². The SMILES string of the molecule is CCCCCN(CCCCC)C(=O)CCC(C)CCN. The molecule has 0 spiro atoms. The van der Waals surface area contributed by atoms with Crippen LogP contribution in [0.25, 0.3) is 0 Å². The standard InChI is InChI=1S/C17H36N2O/c1-4-6-8-14-19(15-9-7-5-2)17(20)11-10-16(3)12-13-18/h16H,4-15,18H2,1-3H3. The molecule has 0 rings (SSSR count). The fourth-order valence-corrected chi connectivity index (χ4v) is 2.42. The van der Waals surface area contributed by atoms with Gasteiger partial charge < -0.3 is 10.6 Å². The zero-order valence-corrected chi connectivity index (χ0v) is 14.0. The predicted molar refractivity (Wildman–Crippen MR) is 87.7 cm³/mol. The van der Waals surface area contributed by atoms with E-state index in [1.807, 2.05) is 0 Å². The van der Waals surface area contributed by atoms with Crippen LogP contribution in [0.5, 0.6) is 0 Å². The van der Waals surface area contributed by atoms with Gasteiger partial charge in [0.15, 0.2) is 0 Å². The van der Waals surface area contributed by atoms with Crippen LogP contribution in [0.2, 0.25) is 0 Å². The van der Waals surface area contributed by atoms with Gasteiger partial charge in [0.1, 0.15) is 0 Å². The summed E-state index contributed by atoms with van der Waals surface area (Å²) in [6, 6.07) is 0. The minimum absolute atomic E-state index is 0.348. The van der Waals surface area contributed by atoms with E-state index in [1.54, 1.807) is 0 Å². The fourth-order valence-electron chi connectivity index (χ4n) is 2.42. The van der Waals surface area contributed by atoms with Crippen molar-refractivity contribution in [3.05, 3.63) is 0 Å². The van der Waals surface area contributed by atoms with Crippen LogP contribution in [0.1, 0.15) is 78.6 Å². The number of nitrogens with zero attached hydrogens (tertiary/aromatic N) is 1. The van der Waals surface area contributed by atoms with Crippen molar-refractivity contribution in [3.8, 4) is 0 Å². The third kappa shape index (κ3) is 10.2. The summed E-state index contributed by atoms with van der Waals surface area (Å²) in [5.41, 5.74) is 5.56. The molecule has 1 amide bonds. The monoisotopic (exact) mass is 284 g/mol. The maximum absolute atomic E-state index is 12.3. The first-order valence-corrected chi connectivity index (χ1v) is 8.63. The number of carbonyl (C=O) groups is 1. The predicted octanol–water partition coefficient (Wildman–Crippen LogP) is 3.96. The normalized spacial score (nSPS) is 12.4. The summed E-state index contributed by atoms with van der Waals surface area (Å²) >= 11 is 0. The Labute approximate surface area is 126 Å². The molecule has 0 saturated heterocycles. The lowest BCUT2D eigenvalue weighted by Crippen LogP contribution is -2.33. The molecule has 0 saturated carbocycles. The molecule has 0 aliphatic rings. The lowest BCUT2D eigenvalue weighted by atomic mass is 10.0. The first-order valence-electron chi connectivity index (χ1n) is 8.63. The molecule has 0 aliphatic heterocycles. The van der Waals surface area contributed by atoms with Crippen molar-refractivity contribution in [1.29, 1.82) is 0 Å². The van der Waals surface area contributed by atoms with Crippen LogP contribution in [0.3, 0.4) is 0 Å². The minimum Gasteiger partial charge on any atom is -0.343 e. The van der Waals surface area contributed by atoms with E-state index in [0.717, 1.165) is 45.3 Å². The third-order valence-electron chi connectivity index (χ3n) is 3.93. The zero-order valence-electron chi connectivity index (χ0n) is 14.0. The van der Waals surface area contributed by atoms with E-state index < -0.39 is 0 Å². The smallest absolute Gasteiger partial charge is 0.222 e. The van der Waals surface area contributed by atoms with Crippen molar-refractivity contribution >= 4 is 5.91 Å². The molecule has 0 fully saturated rings. The molecule has 0 aromatic rings. The highest BCUT2D eigenvalue weighted by Crippen LogP contribution is 2.12. The average Bonchev–Trinajstić information content (AvgIpc) is 2.44. The summed E-state index contributed by atoms with van der Waals surface area (Å²) < 4.78 is 0. The van der Waals surface area contributed by atoms with Crippen LogP contribution in [0.15, 0.2) is 0 Å². The molecule has 3 nitrogen and oxygen atoms in total. The molecule has 3 heteroatoms. The molecule has 1 unspecified atom stereocenters. The van der Waals surface area contributed by atoms with Gasteiger partial charge in [0.25, 0.3) is 0 Å². The highest BCUT2D eigenvalue weighted by molar-refractivity contribution is 5.76. The van der Waals surface area contributed by atoms with Gasteiger partial charge in [-0.25, -0.2) is 0 Å². The van der Waals surface area contributed by atoms with Crippen molar-refractivity contribution in [2.45, 2.75) is 78.6 Å². The summed E-state index contributed by atoms with van der Waals surface area (Å²) in [6.45, 7) is 9.23. The lowest BCUT2D eigenvalue weighted by molar-refractivity contribution is -0.131. The molecule has 1 atom stereocenters. The molecule has 0 heterocycles. The Morgan fingerprint density at radius 3 is 2.00 bits per heavy atom. The van der Waals surface area contributed by atoms with Gasteiger partial charge in [-0.2, -0.15) is 0 Å². The van der Waals surface area contributed by atoms with Crippen LogP contribution >= 0.6 is 0 Å². The van der Waals surface area contributed by atoms with Gasteiger partial charge in [-0.3, -0.25) is 4.79 Å². The quantitative estimate of drug-likeness (QED) is 0.520. The van der Waals surface area contributed by atoms with E-state index in [0.29, 0.717) is 18.2 Å². The van der Waals surface area contributed by atoms with Crippen LogP contribution in [0, 0.1) is 5.92 Å². The summed E-state index contributed by atoms with van der Waals surface area (Å²) in [7, 11) is 0. The van der Waals surface area contributed by atoms with Crippen molar-refractivity contribution < 1.29 is 4.79 Å². The Kier molecular flexibility index (Phi) is 13.0. The Balaban J connectivity index is 4.09. The Morgan fingerprint density at radius 1 is 1.00 bits per heavy atom. The van der Waals surface area contributed by atoms with Crippen molar-refractivity contribution in [2.75, 3.05) is 19.6 Å². The van der Waals surface area contributed by atoms with Crippen molar-refractivity contribution in [1.82, 2.24) is 4.90 Å². The number of unbranched alkanes of at least 4 members (excludes halogenated alkanes) is 4. The first kappa shape index (κ1) is 19.4. The molecule has 2 N–H and O–H groups in total. The average molecular weight is 284 g/mol. The Morgan fingerprint density at radius 2 is 1.55 bits per heavy atom. The topological polar surface area (TPSA) is 46.3 Å². The maximum Gasteiger partial charge on any atom is 0.222 e. The van der Waals surface area contributed by atoms with E-state index >= 15 is 0 Å². The van der Waals surface area contributed by atoms with Crippen LogP contribution in [-0.4, -0.2) is 30.4 Å². The molecular weight excluding hydrogens is 248 g/mol. The first-order chi connectivity index (χ1) is 9.65. The molecule has 0 aromatic heterocycles. The van der Waals surface area contributed by atoms with Crippen LogP contribution in [0.4, 0.5) is 0 Å². The number of amides is 1. The highest BCUT2D eigenvalue weighted by atomic mass is 16.2. The van der Waals surface area contributed by atoms with Gasteiger partial charge >= 0.3 is 0 Å². The Hall–Kier alpha value is -0.570. The summed E-state index contributed by atoms with van der Waals surface area (Å²) in [5, 5.41) is 0. The molecule has 0 bridgehead atoms. The van der Waals surface area contributed by atoms with Crippen molar-refractivity contribution in [2.24, 2.45) is 11.7 Å². The number of carbonyl (C=O) groups excluding carboxylic acids is 1. The van der Waals surface area contributed by atoms with Gasteiger partial charge in [0.2, 0.25) is 5.91 Å². The maximum atomic E-state index is 12.3. The van der Waals surface area contributed by atoms with Crippen molar-refractivity contribution in [3.63, 3.8) is 0 Å².